The number of hydrogen-bond acceptors (Lipinski definition) is 3. The number of imidazole rings is 1. The van der Waals surface area contributed by atoms with E-state index in [9.17, 15) is 4.79 Å². The Kier molecular flexibility index (Phi) is 4.13. The maximum absolute atomic E-state index is 10.8. The van der Waals surface area contributed by atoms with Crippen LogP contribution in [0.5, 0.6) is 0 Å². The molecule has 1 heterocycles. The van der Waals surface area contributed by atoms with E-state index < -0.39 is 5.97 Å². The molecular weight excluding hydrogens is 308 g/mol. The van der Waals surface area contributed by atoms with Gasteiger partial charge in [0.15, 0.2) is 5.16 Å². The molecule has 21 heavy (non-hydrogen) atoms. The standard InChI is InChI=1S/C15H17ClN2O2S/c1-9-2-4-11(6-9)18-13-7-10(16)3-5-12(13)17-15(18)21-8-14(19)20/h3,5,7,9,11H,2,4,6,8H2,1H3,(H,19,20). The first-order valence-corrected chi connectivity index (χ1v) is 8.43. The molecule has 1 saturated carbocycles. The molecular formula is C15H17ClN2O2S. The number of hydrogen-bond donors (Lipinski definition) is 1. The van der Waals surface area contributed by atoms with Crippen LogP contribution in [0.1, 0.15) is 32.2 Å². The van der Waals surface area contributed by atoms with Crippen LogP contribution in [0.25, 0.3) is 11.0 Å². The van der Waals surface area contributed by atoms with Gasteiger partial charge in [0.2, 0.25) is 0 Å². The molecule has 1 aromatic carbocycles. The van der Waals surface area contributed by atoms with E-state index in [0.717, 1.165) is 29.0 Å². The van der Waals surface area contributed by atoms with Crippen LogP contribution in [0.3, 0.4) is 0 Å². The Bertz CT molecular complexity index is 686. The Morgan fingerprint density at radius 1 is 1.52 bits per heavy atom. The first-order chi connectivity index (χ1) is 10.0. The van der Waals surface area contributed by atoms with Crippen molar-refractivity contribution < 1.29 is 9.90 Å². The Morgan fingerprint density at radius 3 is 3.00 bits per heavy atom. The molecule has 6 heteroatoms. The zero-order chi connectivity index (χ0) is 15.0. The van der Waals surface area contributed by atoms with Gasteiger partial charge < -0.3 is 9.67 Å². The number of carboxylic acids is 1. The van der Waals surface area contributed by atoms with E-state index in [-0.39, 0.29) is 5.75 Å². The summed E-state index contributed by atoms with van der Waals surface area (Å²) in [4.78, 5) is 15.4. The summed E-state index contributed by atoms with van der Waals surface area (Å²) in [5, 5.41) is 10.4. The highest BCUT2D eigenvalue weighted by Crippen LogP contribution is 2.39. The van der Waals surface area contributed by atoms with Gasteiger partial charge in [-0.2, -0.15) is 0 Å². The molecule has 2 aromatic rings. The average molecular weight is 325 g/mol. The van der Waals surface area contributed by atoms with Crippen molar-refractivity contribution in [2.75, 3.05) is 5.75 Å². The molecule has 0 saturated heterocycles. The normalized spacial score (nSPS) is 22.0. The van der Waals surface area contributed by atoms with E-state index in [1.165, 1.54) is 18.2 Å². The highest BCUT2D eigenvalue weighted by atomic mass is 35.5. The zero-order valence-electron chi connectivity index (χ0n) is 11.8. The van der Waals surface area contributed by atoms with Crippen molar-refractivity contribution in [2.45, 2.75) is 37.4 Å². The SMILES string of the molecule is CC1CCC(n2c(SCC(=O)O)nc3ccc(Cl)cc32)C1. The number of nitrogens with zero attached hydrogens (tertiary/aromatic N) is 2. The molecule has 0 radical (unpaired) electrons. The van der Waals surface area contributed by atoms with Crippen LogP contribution < -0.4 is 0 Å². The van der Waals surface area contributed by atoms with E-state index in [4.69, 9.17) is 16.7 Å². The highest BCUT2D eigenvalue weighted by molar-refractivity contribution is 7.99. The van der Waals surface area contributed by atoms with Gasteiger partial charge in [0, 0.05) is 11.1 Å². The number of thioether (sulfide) groups is 1. The van der Waals surface area contributed by atoms with Crippen LogP contribution in [0.4, 0.5) is 0 Å². The maximum atomic E-state index is 10.8. The fourth-order valence-corrected chi connectivity index (χ4v) is 4.00. The van der Waals surface area contributed by atoms with E-state index in [1.54, 1.807) is 0 Å². The monoisotopic (exact) mass is 324 g/mol. The number of benzene rings is 1. The molecule has 2 atom stereocenters. The van der Waals surface area contributed by atoms with Gasteiger partial charge in [-0.25, -0.2) is 4.98 Å². The zero-order valence-corrected chi connectivity index (χ0v) is 13.3. The predicted octanol–water partition coefficient (Wildman–Crippen LogP) is 4.23. The molecule has 1 aliphatic carbocycles. The summed E-state index contributed by atoms with van der Waals surface area (Å²) in [7, 11) is 0. The summed E-state index contributed by atoms with van der Waals surface area (Å²) in [6.07, 6.45) is 3.42. The van der Waals surface area contributed by atoms with Crippen molar-refractivity contribution in [1.82, 2.24) is 9.55 Å². The summed E-state index contributed by atoms with van der Waals surface area (Å²) < 4.78 is 2.19. The molecule has 1 aromatic heterocycles. The Balaban J connectivity index is 2.05. The molecule has 3 rings (SSSR count). The lowest BCUT2D eigenvalue weighted by Crippen LogP contribution is -2.08. The molecule has 1 N–H and O–H groups in total. The Morgan fingerprint density at radius 2 is 2.33 bits per heavy atom. The smallest absolute Gasteiger partial charge is 0.313 e. The Labute approximate surface area is 132 Å². The van der Waals surface area contributed by atoms with Crippen LogP contribution in [0.15, 0.2) is 23.4 Å². The third-order valence-corrected chi connectivity index (χ3v) is 5.15. The molecule has 1 fully saturated rings. The summed E-state index contributed by atoms with van der Waals surface area (Å²) in [6.45, 7) is 2.26. The number of rotatable bonds is 4. The highest BCUT2D eigenvalue weighted by Gasteiger charge is 2.27. The van der Waals surface area contributed by atoms with E-state index in [2.05, 4.69) is 16.5 Å². The van der Waals surface area contributed by atoms with Crippen molar-refractivity contribution in [1.29, 1.82) is 0 Å². The van der Waals surface area contributed by atoms with Crippen molar-refractivity contribution in [2.24, 2.45) is 5.92 Å². The molecule has 112 valence electrons. The molecule has 0 aliphatic heterocycles. The van der Waals surface area contributed by atoms with Crippen LogP contribution in [0, 0.1) is 5.92 Å². The van der Waals surface area contributed by atoms with E-state index in [1.807, 2.05) is 18.2 Å². The third-order valence-electron chi connectivity index (χ3n) is 3.98. The fraction of sp³-hybridized carbons (Fsp3) is 0.467. The fourth-order valence-electron chi connectivity index (χ4n) is 3.04. The van der Waals surface area contributed by atoms with Crippen LogP contribution in [0.2, 0.25) is 5.02 Å². The lowest BCUT2D eigenvalue weighted by Gasteiger charge is -2.16. The van der Waals surface area contributed by atoms with Gasteiger partial charge in [-0.15, -0.1) is 0 Å². The molecule has 1 aliphatic rings. The van der Waals surface area contributed by atoms with Gasteiger partial charge in [-0.1, -0.05) is 30.3 Å². The van der Waals surface area contributed by atoms with Gasteiger partial charge in [0.25, 0.3) is 0 Å². The number of carbonyl (C=O) groups is 1. The van der Waals surface area contributed by atoms with Crippen molar-refractivity contribution in [3.8, 4) is 0 Å². The molecule has 2 unspecified atom stereocenters. The van der Waals surface area contributed by atoms with Gasteiger partial charge in [0.1, 0.15) is 0 Å². The van der Waals surface area contributed by atoms with Crippen molar-refractivity contribution in [3.05, 3.63) is 23.2 Å². The molecule has 0 amide bonds. The van der Waals surface area contributed by atoms with Crippen LogP contribution in [-0.2, 0) is 4.79 Å². The second-order valence-electron chi connectivity index (χ2n) is 5.65. The van der Waals surface area contributed by atoms with E-state index in [0.29, 0.717) is 17.0 Å². The Hall–Kier alpha value is -1.20. The molecule has 4 nitrogen and oxygen atoms in total. The second kappa shape index (κ2) is 5.89. The van der Waals surface area contributed by atoms with Crippen LogP contribution >= 0.6 is 23.4 Å². The lowest BCUT2D eigenvalue weighted by molar-refractivity contribution is -0.133. The summed E-state index contributed by atoms with van der Waals surface area (Å²) >= 11 is 7.40. The number of carboxylic acid groups (broad SMARTS) is 1. The van der Waals surface area contributed by atoms with E-state index >= 15 is 0 Å². The molecule has 0 spiro atoms. The van der Waals surface area contributed by atoms with Gasteiger partial charge >= 0.3 is 5.97 Å². The minimum absolute atomic E-state index is 0.0271. The first kappa shape index (κ1) is 14.7. The lowest BCUT2D eigenvalue weighted by atomic mass is 10.1. The minimum Gasteiger partial charge on any atom is -0.481 e. The number of aliphatic carboxylic acids is 1. The summed E-state index contributed by atoms with van der Waals surface area (Å²) in [6, 6.07) is 6.04. The topological polar surface area (TPSA) is 55.1 Å². The van der Waals surface area contributed by atoms with Crippen molar-refractivity contribution >= 4 is 40.4 Å². The first-order valence-electron chi connectivity index (χ1n) is 7.06. The third kappa shape index (κ3) is 3.04. The van der Waals surface area contributed by atoms with Gasteiger partial charge in [0.05, 0.1) is 16.8 Å². The summed E-state index contributed by atoms with van der Waals surface area (Å²) in [5.41, 5.74) is 1.89. The number of fused-ring (bicyclic) bond motifs is 1. The largest absolute Gasteiger partial charge is 0.481 e. The summed E-state index contributed by atoms with van der Waals surface area (Å²) in [5.74, 6) is -0.0975. The molecule has 0 bridgehead atoms. The van der Waals surface area contributed by atoms with Crippen molar-refractivity contribution in [3.63, 3.8) is 0 Å². The predicted molar refractivity (Wildman–Crippen MR) is 85.2 cm³/mol. The van der Waals surface area contributed by atoms with Gasteiger partial charge in [-0.05, 0) is 43.4 Å². The number of aromatic nitrogens is 2. The second-order valence-corrected chi connectivity index (χ2v) is 7.03. The quantitative estimate of drug-likeness (QED) is 0.855. The maximum Gasteiger partial charge on any atom is 0.313 e. The number of halogens is 1. The van der Waals surface area contributed by atoms with Gasteiger partial charge in [-0.3, -0.25) is 4.79 Å². The van der Waals surface area contributed by atoms with Crippen LogP contribution in [-0.4, -0.2) is 26.4 Å². The minimum atomic E-state index is -0.823. The average Bonchev–Trinajstić information content (AvgIpc) is 2.99.